The van der Waals surface area contributed by atoms with Crippen LogP contribution in [0.25, 0.3) is 0 Å². The summed E-state index contributed by atoms with van der Waals surface area (Å²) in [7, 11) is 0. The molecular formula is C22H26FN3O. The topological polar surface area (TPSA) is 54.0 Å². The van der Waals surface area contributed by atoms with Crippen LogP contribution >= 0.6 is 0 Å². The second-order valence-electron chi connectivity index (χ2n) is 6.81. The Labute approximate surface area is 159 Å². The van der Waals surface area contributed by atoms with Gasteiger partial charge in [0.15, 0.2) is 0 Å². The summed E-state index contributed by atoms with van der Waals surface area (Å²) < 4.78 is 13.6. The number of halogens is 1. The lowest BCUT2D eigenvalue weighted by Crippen LogP contribution is -2.25. The third-order valence-corrected chi connectivity index (χ3v) is 4.79. The second kappa shape index (κ2) is 9.86. The van der Waals surface area contributed by atoms with Gasteiger partial charge in [0.05, 0.1) is 0 Å². The van der Waals surface area contributed by atoms with Crippen molar-refractivity contribution in [3.63, 3.8) is 0 Å². The van der Waals surface area contributed by atoms with Gasteiger partial charge in [-0.15, -0.1) is 0 Å². The number of rotatable bonds is 8. The molecule has 1 aliphatic carbocycles. The Kier molecular flexibility index (Phi) is 6.97. The van der Waals surface area contributed by atoms with E-state index in [4.69, 9.17) is 0 Å². The molecule has 4 nitrogen and oxygen atoms in total. The molecule has 1 aromatic carbocycles. The third-order valence-electron chi connectivity index (χ3n) is 4.79. The van der Waals surface area contributed by atoms with Gasteiger partial charge in [-0.1, -0.05) is 29.8 Å². The highest BCUT2D eigenvalue weighted by Gasteiger charge is 2.09. The first-order chi connectivity index (χ1) is 13.2. The van der Waals surface area contributed by atoms with Crippen molar-refractivity contribution >= 4 is 11.6 Å². The molecule has 1 heterocycles. The molecule has 0 fully saturated rings. The third kappa shape index (κ3) is 5.91. The van der Waals surface area contributed by atoms with Crippen molar-refractivity contribution in [2.24, 2.45) is 0 Å². The zero-order valence-corrected chi connectivity index (χ0v) is 15.5. The van der Waals surface area contributed by atoms with E-state index in [2.05, 4.69) is 21.7 Å². The number of carbonyl (C=O) groups is 1. The molecule has 2 N–H and O–H groups in total. The maximum absolute atomic E-state index is 13.6. The van der Waals surface area contributed by atoms with Gasteiger partial charge in [0.2, 0.25) is 0 Å². The molecule has 0 saturated heterocycles. The van der Waals surface area contributed by atoms with Crippen LogP contribution in [-0.2, 0) is 6.42 Å². The molecule has 0 unspecified atom stereocenters. The molecule has 0 saturated carbocycles. The van der Waals surface area contributed by atoms with E-state index in [0.717, 1.165) is 24.9 Å². The van der Waals surface area contributed by atoms with Crippen LogP contribution in [0.5, 0.6) is 0 Å². The first kappa shape index (κ1) is 19.1. The summed E-state index contributed by atoms with van der Waals surface area (Å²) in [5, 5.41) is 6.17. The first-order valence-corrected chi connectivity index (χ1v) is 9.62. The minimum atomic E-state index is -0.192. The molecule has 5 heteroatoms. The van der Waals surface area contributed by atoms with E-state index in [1.807, 2.05) is 12.1 Å². The molecule has 0 spiro atoms. The number of hydrogen-bond donors (Lipinski definition) is 2. The lowest BCUT2D eigenvalue weighted by atomic mass is 9.97. The summed E-state index contributed by atoms with van der Waals surface area (Å²) in [5.74, 6) is -0.355. The number of aromatic nitrogens is 1. The molecule has 142 valence electrons. The average molecular weight is 367 g/mol. The van der Waals surface area contributed by atoms with Crippen molar-refractivity contribution < 1.29 is 9.18 Å². The van der Waals surface area contributed by atoms with Crippen LogP contribution in [0.15, 0.2) is 54.2 Å². The van der Waals surface area contributed by atoms with E-state index in [9.17, 15) is 9.18 Å². The van der Waals surface area contributed by atoms with Gasteiger partial charge in [0.25, 0.3) is 5.91 Å². The van der Waals surface area contributed by atoms with Crippen molar-refractivity contribution in [1.82, 2.24) is 10.3 Å². The Bertz CT molecular complexity index is 804. The number of nitrogens with zero attached hydrogens (tertiary/aromatic N) is 1. The summed E-state index contributed by atoms with van der Waals surface area (Å²) in [4.78, 5) is 16.5. The number of hydrogen-bond acceptors (Lipinski definition) is 3. The predicted octanol–water partition coefficient (Wildman–Crippen LogP) is 4.50. The summed E-state index contributed by atoms with van der Waals surface area (Å²) >= 11 is 0. The SMILES string of the molecule is O=C(NCCC1=CCCCC1)c1cc(NCCc2ccccc2F)ccn1. The molecule has 2 aromatic rings. The smallest absolute Gasteiger partial charge is 0.269 e. The molecule has 0 bridgehead atoms. The normalized spacial score (nSPS) is 13.7. The van der Waals surface area contributed by atoms with E-state index in [1.165, 1.54) is 24.5 Å². The van der Waals surface area contributed by atoms with E-state index in [0.29, 0.717) is 30.8 Å². The Hall–Kier alpha value is -2.69. The van der Waals surface area contributed by atoms with Crippen molar-refractivity contribution in [3.05, 3.63) is 71.3 Å². The van der Waals surface area contributed by atoms with Gasteiger partial charge in [0.1, 0.15) is 11.5 Å². The quantitative estimate of drug-likeness (QED) is 0.676. The zero-order valence-electron chi connectivity index (χ0n) is 15.5. The molecule has 0 aliphatic heterocycles. The Balaban J connectivity index is 1.46. The highest BCUT2D eigenvalue weighted by molar-refractivity contribution is 5.93. The van der Waals surface area contributed by atoms with Crippen LogP contribution < -0.4 is 10.6 Å². The highest BCUT2D eigenvalue weighted by Crippen LogP contribution is 2.19. The van der Waals surface area contributed by atoms with Crippen molar-refractivity contribution in [2.75, 3.05) is 18.4 Å². The van der Waals surface area contributed by atoms with Gasteiger partial charge in [-0.25, -0.2) is 4.39 Å². The molecule has 0 atom stereocenters. The maximum Gasteiger partial charge on any atom is 0.269 e. The Morgan fingerprint density at radius 3 is 2.81 bits per heavy atom. The highest BCUT2D eigenvalue weighted by atomic mass is 19.1. The molecule has 3 rings (SSSR count). The van der Waals surface area contributed by atoms with E-state index >= 15 is 0 Å². The average Bonchev–Trinajstić information content (AvgIpc) is 2.70. The number of nitrogens with one attached hydrogen (secondary N) is 2. The van der Waals surface area contributed by atoms with E-state index < -0.39 is 0 Å². The van der Waals surface area contributed by atoms with Gasteiger partial charge in [-0.05, 0) is 62.3 Å². The summed E-state index contributed by atoms with van der Waals surface area (Å²) in [6, 6.07) is 10.3. The van der Waals surface area contributed by atoms with Gasteiger partial charge >= 0.3 is 0 Å². The fourth-order valence-corrected chi connectivity index (χ4v) is 3.27. The monoisotopic (exact) mass is 367 g/mol. The summed E-state index contributed by atoms with van der Waals surface area (Å²) in [6.45, 7) is 1.22. The van der Waals surface area contributed by atoms with Crippen molar-refractivity contribution in [3.8, 4) is 0 Å². The van der Waals surface area contributed by atoms with Crippen LogP contribution in [-0.4, -0.2) is 24.0 Å². The summed E-state index contributed by atoms with van der Waals surface area (Å²) in [6.07, 6.45) is 10.2. The summed E-state index contributed by atoms with van der Waals surface area (Å²) in [5.41, 5.74) is 3.32. The van der Waals surface area contributed by atoms with Crippen LogP contribution in [0.4, 0.5) is 10.1 Å². The lowest BCUT2D eigenvalue weighted by Gasteiger charge is -2.13. The number of amides is 1. The van der Waals surface area contributed by atoms with Crippen LogP contribution in [0, 0.1) is 5.82 Å². The van der Waals surface area contributed by atoms with Crippen molar-refractivity contribution in [2.45, 2.75) is 38.5 Å². The van der Waals surface area contributed by atoms with Crippen LogP contribution in [0.1, 0.15) is 48.2 Å². The molecule has 27 heavy (non-hydrogen) atoms. The second-order valence-corrected chi connectivity index (χ2v) is 6.81. The van der Waals surface area contributed by atoms with Crippen LogP contribution in [0.2, 0.25) is 0 Å². The van der Waals surface area contributed by atoms with Gasteiger partial charge in [-0.2, -0.15) is 0 Å². The van der Waals surface area contributed by atoms with Gasteiger partial charge in [0, 0.05) is 25.0 Å². The molecular weight excluding hydrogens is 341 g/mol. The van der Waals surface area contributed by atoms with E-state index in [1.54, 1.807) is 24.4 Å². The van der Waals surface area contributed by atoms with Crippen molar-refractivity contribution in [1.29, 1.82) is 0 Å². The molecule has 1 amide bonds. The van der Waals surface area contributed by atoms with Gasteiger partial charge < -0.3 is 10.6 Å². The minimum Gasteiger partial charge on any atom is -0.385 e. The molecule has 1 aromatic heterocycles. The van der Waals surface area contributed by atoms with E-state index in [-0.39, 0.29) is 11.7 Å². The maximum atomic E-state index is 13.6. The Morgan fingerprint density at radius 1 is 1.11 bits per heavy atom. The minimum absolute atomic E-state index is 0.163. The predicted molar refractivity (Wildman–Crippen MR) is 106 cm³/mol. The zero-order chi connectivity index (χ0) is 18.9. The van der Waals surface area contributed by atoms with Crippen LogP contribution in [0.3, 0.4) is 0 Å². The number of benzene rings is 1. The lowest BCUT2D eigenvalue weighted by molar-refractivity contribution is 0.0949. The Morgan fingerprint density at radius 2 is 2.00 bits per heavy atom. The molecule has 0 radical (unpaired) electrons. The molecule has 1 aliphatic rings. The first-order valence-electron chi connectivity index (χ1n) is 9.62. The number of anilines is 1. The fraction of sp³-hybridized carbons (Fsp3) is 0.364. The largest absolute Gasteiger partial charge is 0.385 e. The van der Waals surface area contributed by atoms with Gasteiger partial charge in [-0.3, -0.25) is 9.78 Å². The number of carbonyl (C=O) groups excluding carboxylic acids is 1. The standard InChI is InChI=1S/C22H26FN3O/c23-20-9-5-4-8-18(20)11-14-24-19-12-15-25-21(16-19)22(27)26-13-10-17-6-2-1-3-7-17/h4-6,8-9,12,15-16H,1-3,7,10-11,13-14H2,(H,24,25)(H,26,27). The number of pyridine rings is 1. The fourth-order valence-electron chi connectivity index (χ4n) is 3.27. The number of allylic oxidation sites excluding steroid dienone is 1.